The smallest absolute Gasteiger partial charge is 0.133 e. The first-order valence-corrected chi connectivity index (χ1v) is 7.06. The monoisotopic (exact) mass is 263 g/mol. The van der Waals surface area contributed by atoms with E-state index in [4.69, 9.17) is 4.74 Å². The molecule has 0 atom stereocenters. The van der Waals surface area contributed by atoms with Crippen molar-refractivity contribution < 1.29 is 4.74 Å². The van der Waals surface area contributed by atoms with Gasteiger partial charge in [-0.25, -0.2) is 4.98 Å². The normalized spacial score (nSPS) is 17.9. The molecule has 0 aliphatic carbocycles. The molecule has 2 heterocycles. The van der Waals surface area contributed by atoms with Crippen molar-refractivity contribution in [1.82, 2.24) is 10.3 Å². The molecule has 0 bridgehead atoms. The summed E-state index contributed by atoms with van der Waals surface area (Å²) in [5.74, 6) is 1.13. The first kappa shape index (κ1) is 14.3. The Morgan fingerprint density at radius 1 is 1.47 bits per heavy atom. The first-order chi connectivity index (χ1) is 9.15. The van der Waals surface area contributed by atoms with Crippen LogP contribution in [-0.2, 0) is 11.3 Å². The predicted molar refractivity (Wildman–Crippen MR) is 78.5 cm³/mol. The molecule has 0 spiro atoms. The van der Waals surface area contributed by atoms with E-state index in [1.165, 1.54) is 18.4 Å². The molecule has 0 saturated carbocycles. The quantitative estimate of drug-likeness (QED) is 0.798. The molecule has 1 N–H and O–H groups in total. The number of rotatable bonds is 6. The van der Waals surface area contributed by atoms with Crippen molar-refractivity contribution in [3.05, 3.63) is 23.9 Å². The van der Waals surface area contributed by atoms with Gasteiger partial charge in [0.2, 0.25) is 0 Å². The van der Waals surface area contributed by atoms with Crippen molar-refractivity contribution in [1.29, 1.82) is 0 Å². The summed E-state index contributed by atoms with van der Waals surface area (Å²) >= 11 is 0. The first-order valence-electron chi connectivity index (χ1n) is 7.06. The van der Waals surface area contributed by atoms with Crippen molar-refractivity contribution in [2.24, 2.45) is 0 Å². The van der Waals surface area contributed by atoms with Gasteiger partial charge in [-0.05, 0) is 32.8 Å². The molecule has 1 aromatic heterocycles. The van der Waals surface area contributed by atoms with Gasteiger partial charge in [0.1, 0.15) is 5.82 Å². The Balaban J connectivity index is 2.08. The summed E-state index contributed by atoms with van der Waals surface area (Å²) in [5.41, 5.74) is 1.49. The van der Waals surface area contributed by atoms with E-state index < -0.39 is 0 Å². The second-order valence-electron chi connectivity index (χ2n) is 5.72. The third kappa shape index (κ3) is 3.45. The maximum atomic E-state index is 5.05. The summed E-state index contributed by atoms with van der Waals surface area (Å²) in [6.07, 6.45) is 4.38. The van der Waals surface area contributed by atoms with E-state index in [0.29, 0.717) is 0 Å². The standard InChI is InChI=1S/C15H25N3O/c1-15(2)7-5-10-18(15)14-13(6-4-8-17-14)12-16-9-11-19-3/h4,6,8,16H,5,7,9-12H2,1-3H3. The van der Waals surface area contributed by atoms with Gasteiger partial charge in [-0.2, -0.15) is 0 Å². The van der Waals surface area contributed by atoms with Crippen LogP contribution in [0, 0.1) is 0 Å². The molecule has 1 aliphatic rings. The van der Waals surface area contributed by atoms with Gasteiger partial charge < -0.3 is 15.0 Å². The topological polar surface area (TPSA) is 37.4 Å². The van der Waals surface area contributed by atoms with Crippen molar-refractivity contribution in [2.45, 2.75) is 38.8 Å². The van der Waals surface area contributed by atoms with Crippen LogP contribution >= 0.6 is 0 Å². The number of hydrogen-bond acceptors (Lipinski definition) is 4. The van der Waals surface area contributed by atoms with Crippen molar-refractivity contribution in [3.63, 3.8) is 0 Å². The van der Waals surface area contributed by atoms with E-state index >= 15 is 0 Å². The second kappa shape index (κ2) is 6.35. The van der Waals surface area contributed by atoms with Crippen LogP contribution < -0.4 is 10.2 Å². The van der Waals surface area contributed by atoms with E-state index in [1.54, 1.807) is 7.11 Å². The lowest BCUT2D eigenvalue weighted by molar-refractivity contribution is 0.199. The summed E-state index contributed by atoms with van der Waals surface area (Å²) < 4.78 is 5.05. The number of pyridine rings is 1. The molecule has 2 rings (SSSR count). The highest BCUT2D eigenvalue weighted by molar-refractivity contribution is 5.50. The third-order valence-corrected chi connectivity index (χ3v) is 3.82. The number of ether oxygens (including phenoxy) is 1. The molecule has 1 saturated heterocycles. The van der Waals surface area contributed by atoms with Crippen LogP contribution in [0.3, 0.4) is 0 Å². The predicted octanol–water partition coefficient (Wildman–Crippen LogP) is 2.20. The summed E-state index contributed by atoms with van der Waals surface area (Å²) in [5, 5.41) is 3.40. The Bertz CT molecular complexity index is 406. The molecule has 106 valence electrons. The number of anilines is 1. The number of nitrogens with zero attached hydrogens (tertiary/aromatic N) is 2. The molecule has 4 nitrogen and oxygen atoms in total. The van der Waals surface area contributed by atoms with Crippen LogP contribution in [0.15, 0.2) is 18.3 Å². The van der Waals surface area contributed by atoms with Crippen LogP contribution in [0.1, 0.15) is 32.3 Å². The fourth-order valence-electron chi connectivity index (χ4n) is 2.71. The highest BCUT2D eigenvalue weighted by Gasteiger charge is 2.33. The van der Waals surface area contributed by atoms with Crippen LogP contribution in [0.25, 0.3) is 0 Å². The molecule has 0 amide bonds. The molecule has 1 aromatic rings. The van der Waals surface area contributed by atoms with E-state index in [-0.39, 0.29) is 5.54 Å². The number of nitrogens with one attached hydrogen (secondary N) is 1. The fraction of sp³-hybridized carbons (Fsp3) is 0.667. The van der Waals surface area contributed by atoms with Gasteiger partial charge >= 0.3 is 0 Å². The fourth-order valence-corrected chi connectivity index (χ4v) is 2.71. The highest BCUT2D eigenvalue weighted by Crippen LogP contribution is 2.33. The van der Waals surface area contributed by atoms with Crippen LogP contribution in [0.5, 0.6) is 0 Å². The van der Waals surface area contributed by atoms with Crippen molar-refractivity contribution in [2.75, 3.05) is 31.7 Å². The van der Waals surface area contributed by atoms with Crippen molar-refractivity contribution in [3.8, 4) is 0 Å². The molecule has 0 aromatic carbocycles. The SMILES string of the molecule is COCCNCc1cccnc1N1CCCC1(C)C. The maximum Gasteiger partial charge on any atom is 0.133 e. The third-order valence-electron chi connectivity index (χ3n) is 3.82. The van der Waals surface area contributed by atoms with E-state index in [9.17, 15) is 0 Å². The lowest BCUT2D eigenvalue weighted by Gasteiger charge is -2.34. The van der Waals surface area contributed by atoms with E-state index in [1.807, 2.05) is 12.3 Å². The van der Waals surface area contributed by atoms with Gasteiger partial charge in [-0.3, -0.25) is 0 Å². The lowest BCUT2D eigenvalue weighted by atomic mass is 10.0. The van der Waals surface area contributed by atoms with Gasteiger partial charge in [-0.1, -0.05) is 6.07 Å². The molecule has 1 fully saturated rings. The molecular formula is C15H25N3O. The van der Waals surface area contributed by atoms with E-state index in [0.717, 1.165) is 32.1 Å². The lowest BCUT2D eigenvalue weighted by Crippen LogP contribution is -2.39. The van der Waals surface area contributed by atoms with Crippen LogP contribution in [-0.4, -0.2) is 37.3 Å². The zero-order valence-corrected chi connectivity index (χ0v) is 12.3. The van der Waals surface area contributed by atoms with Gasteiger partial charge in [0.25, 0.3) is 0 Å². The Labute approximate surface area is 116 Å². The molecule has 19 heavy (non-hydrogen) atoms. The minimum atomic E-state index is 0.218. The number of methoxy groups -OCH3 is 1. The Morgan fingerprint density at radius 2 is 2.32 bits per heavy atom. The summed E-state index contributed by atoms with van der Waals surface area (Å²) in [7, 11) is 1.73. The minimum absolute atomic E-state index is 0.218. The number of aromatic nitrogens is 1. The summed E-state index contributed by atoms with van der Waals surface area (Å²) in [4.78, 5) is 7.05. The molecule has 4 heteroatoms. The maximum absolute atomic E-state index is 5.05. The largest absolute Gasteiger partial charge is 0.383 e. The molecule has 1 aliphatic heterocycles. The average molecular weight is 263 g/mol. The van der Waals surface area contributed by atoms with E-state index in [2.05, 4.69) is 35.1 Å². The summed E-state index contributed by atoms with van der Waals surface area (Å²) in [6.45, 7) is 8.17. The Hall–Kier alpha value is -1.13. The van der Waals surface area contributed by atoms with Crippen molar-refractivity contribution >= 4 is 5.82 Å². The molecule has 0 radical (unpaired) electrons. The van der Waals surface area contributed by atoms with Crippen LogP contribution in [0.4, 0.5) is 5.82 Å². The zero-order chi connectivity index (χ0) is 13.7. The Morgan fingerprint density at radius 3 is 3.00 bits per heavy atom. The zero-order valence-electron chi connectivity index (χ0n) is 12.3. The van der Waals surface area contributed by atoms with Crippen LogP contribution in [0.2, 0.25) is 0 Å². The van der Waals surface area contributed by atoms with Gasteiger partial charge in [0.05, 0.1) is 6.61 Å². The summed E-state index contributed by atoms with van der Waals surface area (Å²) in [6, 6.07) is 4.18. The minimum Gasteiger partial charge on any atom is -0.383 e. The second-order valence-corrected chi connectivity index (χ2v) is 5.72. The van der Waals surface area contributed by atoms with Gasteiger partial charge in [0.15, 0.2) is 0 Å². The molecule has 0 unspecified atom stereocenters. The van der Waals surface area contributed by atoms with Gasteiger partial charge in [-0.15, -0.1) is 0 Å². The number of hydrogen-bond donors (Lipinski definition) is 1. The highest BCUT2D eigenvalue weighted by atomic mass is 16.5. The molecular weight excluding hydrogens is 238 g/mol. The van der Waals surface area contributed by atoms with Gasteiger partial charge in [0, 0.05) is 44.0 Å². The Kier molecular flexibility index (Phi) is 4.77. The average Bonchev–Trinajstić information content (AvgIpc) is 2.75.